The van der Waals surface area contributed by atoms with Crippen LogP contribution in [0.3, 0.4) is 0 Å². The molecule has 0 unspecified atom stereocenters. The Bertz CT molecular complexity index is 1010. The normalized spacial score (nSPS) is 14.9. The Hall–Kier alpha value is -2.55. The number of methoxy groups -OCH3 is 2. The number of halogens is 1. The summed E-state index contributed by atoms with van der Waals surface area (Å²) in [6.07, 6.45) is 1.70. The van der Waals surface area contributed by atoms with Crippen molar-refractivity contribution in [1.29, 1.82) is 0 Å². The number of hydrogen-bond donors (Lipinski definition) is 0. The predicted octanol–water partition coefficient (Wildman–Crippen LogP) is 4.30. The molecule has 3 rings (SSSR count). The standard InChI is InChI=1S/C21H18ClNO5S2/c1-26-17-9-14(5-8-16(17)28-12-13-3-6-15(22)7-4-13)10-18-20(25)23(21(29)30-18)11-19(24)27-2/h3-10H,11-12H2,1-2H3. The maximum Gasteiger partial charge on any atom is 0.325 e. The highest BCUT2D eigenvalue weighted by atomic mass is 35.5. The third kappa shape index (κ3) is 5.33. The fourth-order valence-electron chi connectivity index (χ4n) is 2.62. The van der Waals surface area contributed by atoms with Gasteiger partial charge in [-0.25, -0.2) is 0 Å². The number of thiocarbonyl (C=S) groups is 1. The SMILES string of the molecule is COC(=O)CN1C(=O)C(=Cc2ccc(OCc3ccc(Cl)cc3)c(OC)c2)SC1=S. The molecule has 0 N–H and O–H groups in total. The van der Waals surface area contributed by atoms with Crippen molar-refractivity contribution in [3.8, 4) is 11.5 Å². The molecule has 0 saturated carbocycles. The third-order valence-corrected chi connectivity index (χ3v) is 5.81. The average Bonchev–Trinajstić information content (AvgIpc) is 3.00. The van der Waals surface area contributed by atoms with Crippen molar-refractivity contribution in [1.82, 2.24) is 4.90 Å². The maximum absolute atomic E-state index is 12.6. The van der Waals surface area contributed by atoms with Crippen molar-refractivity contribution in [2.24, 2.45) is 0 Å². The number of benzene rings is 2. The number of esters is 1. The topological polar surface area (TPSA) is 65.1 Å². The summed E-state index contributed by atoms with van der Waals surface area (Å²) in [6.45, 7) is 0.151. The molecule has 30 heavy (non-hydrogen) atoms. The molecule has 1 heterocycles. The molecule has 0 radical (unpaired) electrons. The number of ether oxygens (including phenoxy) is 3. The van der Waals surface area contributed by atoms with Gasteiger partial charge in [-0.2, -0.15) is 0 Å². The summed E-state index contributed by atoms with van der Waals surface area (Å²) in [6, 6.07) is 12.7. The Morgan fingerprint density at radius 2 is 1.90 bits per heavy atom. The molecule has 1 amide bonds. The number of rotatable bonds is 7. The van der Waals surface area contributed by atoms with Gasteiger partial charge in [0.05, 0.1) is 19.1 Å². The van der Waals surface area contributed by atoms with Gasteiger partial charge < -0.3 is 14.2 Å². The van der Waals surface area contributed by atoms with Crippen LogP contribution in [-0.2, 0) is 20.9 Å². The van der Waals surface area contributed by atoms with Crippen LogP contribution in [0, 0.1) is 0 Å². The van der Waals surface area contributed by atoms with E-state index in [1.165, 1.54) is 12.0 Å². The number of thioether (sulfide) groups is 1. The lowest BCUT2D eigenvalue weighted by Gasteiger charge is -2.12. The molecule has 1 aliphatic rings. The van der Waals surface area contributed by atoms with Crippen molar-refractivity contribution in [2.45, 2.75) is 6.61 Å². The Morgan fingerprint density at radius 1 is 1.17 bits per heavy atom. The summed E-state index contributed by atoms with van der Waals surface area (Å²) in [5.74, 6) is 0.236. The van der Waals surface area contributed by atoms with Crippen molar-refractivity contribution < 1.29 is 23.8 Å². The molecular formula is C21H18ClNO5S2. The largest absolute Gasteiger partial charge is 0.493 e. The first-order valence-electron chi connectivity index (χ1n) is 8.78. The quantitative estimate of drug-likeness (QED) is 0.344. The van der Waals surface area contributed by atoms with Crippen molar-refractivity contribution >= 4 is 57.9 Å². The van der Waals surface area contributed by atoms with Gasteiger partial charge in [-0.3, -0.25) is 14.5 Å². The minimum atomic E-state index is -0.531. The molecule has 2 aromatic rings. The summed E-state index contributed by atoms with van der Waals surface area (Å²) in [5.41, 5.74) is 1.71. The van der Waals surface area contributed by atoms with Crippen molar-refractivity contribution in [2.75, 3.05) is 20.8 Å². The predicted molar refractivity (Wildman–Crippen MR) is 121 cm³/mol. The van der Waals surface area contributed by atoms with Crippen molar-refractivity contribution in [3.63, 3.8) is 0 Å². The number of amides is 1. The molecule has 1 saturated heterocycles. The summed E-state index contributed by atoms with van der Waals surface area (Å²) in [4.78, 5) is 25.7. The summed E-state index contributed by atoms with van der Waals surface area (Å²) >= 11 is 12.2. The van der Waals surface area contributed by atoms with Crippen LogP contribution in [0.25, 0.3) is 6.08 Å². The zero-order chi connectivity index (χ0) is 21.7. The van der Waals surface area contributed by atoms with E-state index in [2.05, 4.69) is 4.74 Å². The van der Waals surface area contributed by atoms with Gasteiger partial charge >= 0.3 is 5.97 Å². The highest BCUT2D eigenvalue weighted by Crippen LogP contribution is 2.35. The van der Waals surface area contributed by atoms with Crippen LogP contribution >= 0.6 is 35.6 Å². The number of nitrogens with zero attached hydrogens (tertiary/aromatic N) is 1. The van der Waals surface area contributed by atoms with Gasteiger partial charge in [0.15, 0.2) is 11.5 Å². The van der Waals surface area contributed by atoms with E-state index in [9.17, 15) is 9.59 Å². The summed E-state index contributed by atoms with van der Waals surface area (Å²) in [7, 11) is 2.81. The summed E-state index contributed by atoms with van der Waals surface area (Å²) in [5, 5.41) is 0.665. The molecule has 0 spiro atoms. The molecule has 0 aliphatic carbocycles. The van der Waals surface area contributed by atoms with E-state index in [-0.39, 0.29) is 12.5 Å². The lowest BCUT2D eigenvalue weighted by molar-refractivity contribution is -0.143. The first-order valence-corrected chi connectivity index (χ1v) is 10.4. The number of carbonyl (C=O) groups excluding carboxylic acids is 2. The van der Waals surface area contributed by atoms with Crippen LogP contribution in [0.4, 0.5) is 0 Å². The van der Waals surface area contributed by atoms with Gasteiger partial charge in [0.25, 0.3) is 5.91 Å². The molecule has 0 atom stereocenters. The summed E-state index contributed by atoms with van der Waals surface area (Å²) < 4.78 is 16.2. The zero-order valence-corrected chi connectivity index (χ0v) is 18.6. The molecule has 6 nitrogen and oxygen atoms in total. The Kier molecular flexibility index (Phi) is 7.36. The van der Waals surface area contributed by atoms with Crippen LogP contribution in [0.5, 0.6) is 11.5 Å². The number of carbonyl (C=O) groups is 2. The molecule has 2 aromatic carbocycles. The fraction of sp³-hybridized carbons (Fsp3) is 0.190. The molecular weight excluding hydrogens is 446 g/mol. The molecule has 1 fully saturated rings. The minimum absolute atomic E-state index is 0.209. The van der Waals surface area contributed by atoms with Gasteiger partial charge in [-0.15, -0.1) is 0 Å². The van der Waals surface area contributed by atoms with E-state index < -0.39 is 5.97 Å². The lowest BCUT2D eigenvalue weighted by Crippen LogP contribution is -2.33. The maximum atomic E-state index is 12.6. The number of hydrogen-bond acceptors (Lipinski definition) is 7. The molecule has 1 aliphatic heterocycles. The van der Waals surface area contributed by atoms with Gasteiger partial charge in [-0.1, -0.05) is 53.8 Å². The van der Waals surface area contributed by atoms with Crippen LogP contribution < -0.4 is 9.47 Å². The van der Waals surface area contributed by atoms with Gasteiger partial charge in [0.2, 0.25) is 0 Å². The van der Waals surface area contributed by atoms with E-state index in [4.69, 9.17) is 33.3 Å². The first-order chi connectivity index (χ1) is 14.4. The second-order valence-corrected chi connectivity index (χ2v) is 8.28. The first kappa shape index (κ1) is 22.1. The van der Waals surface area contributed by atoms with Crippen LogP contribution in [-0.4, -0.2) is 41.9 Å². The van der Waals surface area contributed by atoms with Gasteiger partial charge in [0, 0.05) is 5.02 Å². The van der Waals surface area contributed by atoms with E-state index in [0.29, 0.717) is 32.4 Å². The van der Waals surface area contributed by atoms with E-state index in [1.54, 1.807) is 37.5 Å². The Morgan fingerprint density at radius 3 is 2.57 bits per heavy atom. The second kappa shape index (κ2) is 9.97. The smallest absolute Gasteiger partial charge is 0.325 e. The highest BCUT2D eigenvalue weighted by Gasteiger charge is 2.33. The Balaban J connectivity index is 1.74. The van der Waals surface area contributed by atoms with E-state index in [0.717, 1.165) is 22.9 Å². The highest BCUT2D eigenvalue weighted by molar-refractivity contribution is 8.26. The molecule has 9 heteroatoms. The second-order valence-electron chi connectivity index (χ2n) is 6.17. The lowest BCUT2D eigenvalue weighted by atomic mass is 10.1. The Labute approximate surface area is 188 Å². The fourth-order valence-corrected chi connectivity index (χ4v) is 4.00. The monoisotopic (exact) mass is 463 g/mol. The molecule has 0 bridgehead atoms. The van der Waals surface area contributed by atoms with E-state index in [1.807, 2.05) is 18.2 Å². The van der Waals surface area contributed by atoms with Crippen LogP contribution in [0.15, 0.2) is 47.4 Å². The average molecular weight is 464 g/mol. The van der Waals surface area contributed by atoms with Crippen molar-refractivity contribution in [3.05, 3.63) is 63.5 Å². The van der Waals surface area contributed by atoms with Gasteiger partial charge in [0.1, 0.15) is 17.5 Å². The third-order valence-electron chi connectivity index (χ3n) is 4.18. The van der Waals surface area contributed by atoms with Crippen LogP contribution in [0.2, 0.25) is 5.02 Å². The van der Waals surface area contributed by atoms with E-state index >= 15 is 0 Å². The van der Waals surface area contributed by atoms with Gasteiger partial charge in [-0.05, 0) is 41.5 Å². The minimum Gasteiger partial charge on any atom is -0.493 e. The van der Waals surface area contributed by atoms with Crippen LogP contribution in [0.1, 0.15) is 11.1 Å². The molecule has 156 valence electrons. The molecule has 0 aromatic heterocycles. The zero-order valence-electron chi connectivity index (χ0n) is 16.2.